The lowest BCUT2D eigenvalue weighted by molar-refractivity contribution is -0.216. The van der Waals surface area contributed by atoms with Crippen LogP contribution in [0, 0.1) is 92.7 Å². The number of hydrogen-bond acceptors (Lipinski definition) is 20. The molecule has 0 radical (unpaired) electrons. The average molecular weight is 1850 g/mol. The van der Waals surface area contributed by atoms with E-state index in [1.807, 2.05) is 72.8 Å². The van der Waals surface area contributed by atoms with Crippen molar-refractivity contribution in [1.82, 2.24) is 0 Å². The monoisotopic (exact) mass is 1850 g/mol. The summed E-state index contributed by atoms with van der Waals surface area (Å²) < 4.78 is 77.4. The maximum absolute atomic E-state index is 14.5. The van der Waals surface area contributed by atoms with Crippen LogP contribution < -0.4 is 18.9 Å². The Morgan fingerprint density at radius 3 is 0.588 bits per heavy atom. The molecule has 20 nitrogen and oxygen atoms in total. The maximum atomic E-state index is 14.5. The van der Waals surface area contributed by atoms with Crippen molar-refractivity contribution in [3.63, 3.8) is 0 Å². The van der Waals surface area contributed by atoms with Gasteiger partial charge in [-0.1, -0.05) is 76.2 Å². The van der Waals surface area contributed by atoms with Crippen LogP contribution in [0.4, 0.5) is 0 Å². The number of aromatic hydroxyl groups is 4. The highest BCUT2D eigenvalue weighted by Crippen LogP contribution is 2.69. The van der Waals surface area contributed by atoms with Crippen molar-refractivity contribution in [3.8, 4) is 46.0 Å². The van der Waals surface area contributed by atoms with Crippen molar-refractivity contribution in [3.05, 3.63) is 235 Å². The molecule has 0 amide bonds. The molecule has 720 valence electrons. The highest BCUT2D eigenvalue weighted by atomic mass is 16.6. The van der Waals surface area contributed by atoms with Crippen molar-refractivity contribution in [1.29, 1.82) is 0 Å². The molecule has 17 aliphatic rings. The van der Waals surface area contributed by atoms with Crippen LogP contribution in [0.25, 0.3) is 0 Å². The van der Waals surface area contributed by atoms with Crippen molar-refractivity contribution < 1.29 is 96.4 Å². The number of fused-ring (bicyclic) bond motifs is 8. The van der Waals surface area contributed by atoms with Gasteiger partial charge in [-0.05, 0) is 344 Å². The summed E-state index contributed by atoms with van der Waals surface area (Å²) in [6.45, 7) is 20.0. The molecule has 12 unspecified atom stereocenters. The van der Waals surface area contributed by atoms with Crippen molar-refractivity contribution in [2.24, 2.45) is 92.7 Å². The van der Waals surface area contributed by atoms with E-state index in [2.05, 4.69) is 55.4 Å². The van der Waals surface area contributed by atoms with E-state index in [4.69, 9.17) is 56.8 Å². The topological polar surface area (TPSA) is 260 Å². The Balaban J connectivity index is 0.673. The van der Waals surface area contributed by atoms with Crippen molar-refractivity contribution in [2.75, 3.05) is 81.3 Å². The molecule has 136 heavy (non-hydrogen) atoms. The molecule has 16 saturated carbocycles. The summed E-state index contributed by atoms with van der Waals surface area (Å²) in [6.07, 6.45) is 23.6. The van der Waals surface area contributed by atoms with Crippen molar-refractivity contribution in [2.45, 2.75) is 230 Å². The van der Waals surface area contributed by atoms with Crippen LogP contribution in [-0.4, -0.2) is 148 Å². The van der Waals surface area contributed by atoms with E-state index in [0.717, 1.165) is 126 Å². The summed E-state index contributed by atoms with van der Waals surface area (Å²) in [4.78, 5) is 58.0. The second kappa shape index (κ2) is 35.0. The largest absolute Gasteiger partial charge is 0.507 e. The van der Waals surface area contributed by atoms with E-state index >= 15 is 0 Å². The van der Waals surface area contributed by atoms with E-state index in [0.29, 0.717) is 136 Å². The summed E-state index contributed by atoms with van der Waals surface area (Å²) in [5, 5.41) is 53.2. The highest BCUT2D eigenvalue weighted by Gasteiger charge is 2.64. The number of ether oxygens (including phenoxy) is 12. The summed E-state index contributed by atoms with van der Waals surface area (Å²) in [5.41, 5.74) is 6.35. The molecule has 25 rings (SSSR count). The summed E-state index contributed by atoms with van der Waals surface area (Å²) >= 11 is 0. The van der Waals surface area contributed by atoms with Gasteiger partial charge in [0.25, 0.3) is 0 Å². The Hall–Kier alpha value is -10.1. The molecule has 0 aromatic heterocycles. The molecule has 20 heteroatoms. The summed E-state index contributed by atoms with van der Waals surface area (Å²) in [6, 6.07) is 41.5. The van der Waals surface area contributed by atoms with E-state index in [1.54, 1.807) is 48.5 Å². The van der Waals surface area contributed by atoms with Gasteiger partial charge in [-0.3, -0.25) is 0 Å². The Kier molecular flexibility index (Phi) is 23.8. The van der Waals surface area contributed by atoms with Crippen molar-refractivity contribution >= 4 is 23.9 Å². The molecule has 4 N–H and O–H groups in total. The SMILES string of the molecule is COc1cc(O)c2cc1C(c1ccc(C(=O)OCCOC3(C)C4CC5CC3CC(C)(C5)C4)cc1)c1cc(c(OC)cc1O)C(c1ccc(C(=O)OCCOC3(C)C4CC5CC3CC(C)(C5)C4)cc1)c1cc(c(OC)cc1O)C(c1ccc(C(=O)OCCOC3(C)C4CC5CC3CC(C)(C5)C4)cc1)c1cc(c(OC)cc1O)C2c1ccc(C(=O)OCCOC2(C)C3CC4CC2CC(C)(C4)C3)cc1. The highest BCUT2D eigenvalue weighted by molar-refractivity contribution is 5.91. The number of benzene rings is 8. The van der Waals surface area contributed by atoms with Gasteiger partial charge in [0.15, 0.2) is 0 Å². The van der Waals surface area contributed by atoms with Crippen LogP contribution in [0.15, 0.2) is 146 Å². The van der Waals surface area contributed by atoms with Gasteiger partial charge >= 0.3 is 23.9 Å². The number of carbonyl (C=O) groups is 4. The zero-order valence-corrected chi connectivity index (χ0v) is 81.2. The first-order chi connectivity index (χ1) is 65.2. The fourth-order valence-electron chi connectivity index (χ4n) is 31.5. The Morgan fingerprint density at radius 2 is 0.426 bits per heavy atom. The van der Waals surface area contributed by atoms with Gasteiger partial charge in [0.1, 0.15) is 72.4 Å². The number of hydrogen-bond donors (Lipinski definition) is 4. The van der Waals surface area contributed by atoms with Gasteiger partial charge < -0.3 is 77.3 Å². The molecule has 0 heterocycles. The van der Waals surface area contributed by atoms with E-state index in [-0.39, 0.29) is 144 Å². The van der Waals surface area contributed by atoms with E-state index in [9.17, 15) is 39.6 Å². The Bertz CT molecular complexity index is 5130. The van der Waals surface area contributed by atoms with Crippen LogP contribution >= 0.6 is 0 Å². The number of phenolic OH excluding ortho intramolecular Hbond substituents is 4. The third kappa shape index (κ3) is 16.4. The van der Waals surface area contributed by atoms with Crippen LogP contribution in [0.5, 0.6) is 46.0 Å². The van der Waals surface area contributed by atoms with Crippen LogP contribution in [0.1, 0.15) is 316 Å². The lowest BCUT2D eigenvalue weighted by atomic mass is 9.45. The zero-order chi connectivity index (χ0) is 94.7. The first-order valence-electron chi connectivity index (χ1n) is 50.5. The molecule has 0 aliphatic heterocycles. The second-order valence-electron chi connectivity index (χ2n) is 46.1. The Labute approximate surface area is 800 Å². The predicted molar refractivity (Wildman–Crippen MR) is 513 cm³/mol. The minimum atomic E-state index is -1.06. The van der Waals surface area contributed by atoms with Gasteiger partial charge in [0, 0.05) is 92.4 Å². The molecule has 0 saturated heterocycles. The molecular formula is C116H136O20. The molecule has 12 atom stereocenters. The summed E-state index contributed by atoms with van der Waals surface area (Å²) in [7, 11) is 5.99. The van der Waals surface area contributed by atoms with Crippen LogP contribution in [0.2, 0.25) is 0 Å². The number of carbonyl (C=O) groups excluding carboxylic acids is 4. The molecule has 0 spiro atoms. The quantitative estimate of drug-likeness (QED) is 0.0202. The van der Waals surface area contributed by atoms with Crippen LogP contribution in [0.3, 0.4) is 0 Å². The van der Waals surface area contributed by atoms with Gasteiger partial charge in [-0.2, -0.15) is 0 Å². The van der Waals surface area contributed by atoms with Gasteiger partial charge in [0.2, 0.25) is 0 Å². The molecular weight excluding hydrogens is 1710 g/mol. The number of methoxy groups -OCH3 is 4. The number of phenols is 4. The second-order valence-corrected chi connectivity index (χ2v) is 46.1. The molecule has 17 aliphatic carbocycles. The standard InChI is InChI=1S/C116H136O20/c1-109-53-65-37-77(57-109)113(5,78(38-65)58-109)133-33-29-129-105(121)73-21-13-69(14-22-73)101-85-45-90(98(126-10)49-93(85)117)103(71-17-25-75(26-18-71)107(123)131-31-35-135-115(7)81-41-67-42-82(115)62-111(3,55-67)61-81)87-47-92(100(128-12)51-95(87)119)104(72-19-27-76(28-20-72)108(124)132-32-36-136-116(8)83-43-68-44-84(116)64-112(4,56-68)63-83)88-48-91(99(127-11)52-96(88)120)102(86-46-89(101)97(125-9)50-94(86)118)70-15-23-74(24-16-70)106(122)130-30-34-134-114(6)79-39-66-40-80(114)60-110(2,54-66)59-79/h13-28,45-52,65-68,77-84,101-104,117-120H,29-44,53-64H2,1-12H3. The summed E-state index contributed by atoms with van der Waals surface area (Å²) in [5.74, 6) is -0.00703. The average Bonchev–Trinajstić information content (AvgIpc) is 0.542. The number of esters is 4. The van der Waals surface area contributed by atoms with E-state index < -0.39 is 47.5 Å². The van der Waals surface area contributed by atoms with Gasteiger partial charge in [-0.25, -0.2) is 19.2 Å². The number of rotatable bonds is 28. The first kappa shape index (κ1) is 92.2. The smallest absolute Gasteiger partial charge is 0.338 e. The van der Waals surface area contributed by atoms with E-state index in [1.165, 1.54) is 78.4 Å². The molecule has 24 bridgehead atoms. The van der Waals surface area contributed by atoms with Crippen LogP contribution in [-0.2, 0) is 37.9 Å². The molecule has 8 aromatic carbocycles. The Morgan fingerprint density at radius 1 is 0.250 bits per heavy atom. The fraction of sp³-hybridized carbons (Fsp3) is 0.552. The fourth-order valence-corrected chi connectivity index (χ4v) is 31.5. The maximum Gasteiger partial charge on any atom is 0.338 e. The third-order valence-corrected chi connectivity index (χ3v) is 37.3. The molecule has 16 fully saturated rings. The lowest BCUT2D eigenvalue weighted by Gasteiger charge is -2.63. The molecule has 8 aromatic rings. The first-order valence-corrected chi connectivity index (χ1v) is 50.5. The minimum Gasteiger partial charge on any atom is -0.507 e. The zero-order valence-electron chi connectivity index (χ0n) is 81.2. The predicted octanol–water partition coefficient (Wildman–Crippen LogP) is 22.7. The lowest BCUT2D eigenvalue weighted by Crippen LogP contribution is -2.60. The normalized spacial score (nSPS) is 34.6. The van der Waals surface area contributed by atoms with Gasteiger partial charge in [-0.15, -0.1) is 0 Å². The minimum absolute atomic E-state index is 0.0448. The van der Waals surface area contributed by atoms with Gasteiger partial charge in [0.05, 0.1) is 99.5 Å². The third-order valence-electron chi connectivity index (χ3n) is 37.3.